The highest BCUT2D eigenvalue weighted by molar-refractivity contribution is 6.10. The van der Waals surface area contributed by atoms with Gasteiger partial charge in [0.2, 0.25) is 0 Å². The van der Waals surface area contributed by atoms with Crippen LogP contribution in [0.5, 0.6) is 11.5 Å². The third-order valence-electron chi connectivity index (χ3n) is 4.77. The topological polar surface area (TPSA) is 66.8 Å². The van der Waals surface area contributed by atoms with Gasteiger partial charge in [-0.3, -0.25) is 4.79 Å². The molecule has 0 radical (unpaired) electrons. The van der Waals surface area contributed by atoms with E-state index in [1.807, 2.05) is 6.07 Å². The number of hydrogen-bond donors (Lipinski definition) is 0. The van der Waals surface area contributed by atoms with E-state index in [-0.39, 0.29) is 5.56 Å². The van der Waals surface area contributed by atoms with Gasteiger partial charge in [-0.1, -0.05) is 0 Å². The lowest BCUT2D eigenvalue weighted by molar-refractivity contribution is 0.0601. The fourth-order valence-corrected chi connectivity index (χ4v) is 3.62. The van der Waals surface area contributed by atoms with Gasteiger partial charge in [-0.25, -0.2) is 4.79 Å². The van der Waals surface area contributed by atoms with Crippen molar-refractivity contribution in [2.75, 3.05) is 21.3 Å². The van der Waals surface area contributed by atoms with Crippen molar-refractivity contribution in [2.45, 2.75) is 13.0 Å². The van der Waals surface area contributed by atoms with Gasteiger partial charge in [0.1, 0.15) is 0 Å². The molecule has 0 bridgehead atoms. The van der Waals surface area contributed by atoms with Gasteiger partial charge in [-0.15, -0.1) is 0 Å². The molecule has 0 N–H and O–H groups in total. The van der Waals surface area contributed by atoms with Crippen molar-refractivity contribution in [3.8, 4) is 11.5 Å². The Morgan fingerprint density at radius 2 is 1.64 bits per heavy atom. The highest BCUT2D eigenvalue weighted by Gasteiger charge is 2.23. The van der Waals surface area contributed by atoms with E-state index in [2.05, 4.69) is 0 Å². The van der Waals surface area contributed by atoms with Crippen LogP contribution in [0.1, 0.15) is 15.9 Å². The fraction of sp³-hybridized carbons (Fsp3) is 0.263. The summed E-state index contributed by atoms with van der Waals surface area (Å²) in [6.07, 6.45) is 0.709. The molecule has 2 heterocycles. The maximum atomic E-state index is 12.9. The van der Waals surface area contributed by atoms with Crippen LogP contribution in [0.2, 0.25) is 0 Å². The van der Waals surface area contributed by atoms with Crippen LogP contribution in [-0.2, 0) is 17.7 Å². The van der Waals surface area contributed by atoms with Gasteiger partial charge in [0.05, 0.1) is 37.8 Å². The van der Waals surface area contributed by atoms with Gasteiger partial charge >= 0.3 is 5.97 Å². The molecule has 4 rings (SSSR count). The van der Waals surface area contributed by atoms with Crippen molar-refractivity contribution in [3.05, 3.63) is 45.7 Å². The summed E-state index contributed by atoms with van der Waals surface area (Å²) in [6, 6.07) is 7.07. The van der Waals surface area contributed by atoms with Crippen molar-refractivity contribution in [3.63, 3.8) is 0 Å². The molecule has 3 aromatic rings. The van der Waals surface area contributed by atoms with Crippen molar-refractivity contribution in [1.82, 2.24) is 4.57 Å². The second-order valence-electron chi connectivity index (χ2n) is 5.98. The number of esters is 1. The molecule has 0 saturated heterocycles. The van der Waals surface area contributed by atoms with E-state index >= 15 is 0 Å². The van der Waals surface area contributed by atoms with Gasteiger partial charge in [0.15, 0.2) is 11.5 Å². The minimum Gasteiger partial charge on any atom is -0.493 e. The van der Waals surface area contributed by atoms with E-state index in [0.717, 1.165) is 21.9 Å². The zero-order valence-corrected chi connectivity index (χ0v) is 14.2. The molecule has 1 aliphatic rings. The normalized spacial score (nSPS) is 12.6. The molecule has 1 aromatic heterocycles. The lowest BCUT2D eigenvalue weighted by Crippen LogP contribution is -2.18. The number of rotatable bonds is 3. The second kappa shape index (κ2) is 5.51. The van der Waals surface area contributed by atoms with E-state index in [1.165, 1.54) is 14.2 Å². The molecule has 0 atom stereocenters. The van der Waals surface area contributed by atoms with E-state index in [0.29, 0.717) is 35.4 Å². The highest BCUT2D eigenvalue weighted by Crippen LogP contribution is 2.37. The zero-order chi connectivity index (χ0) is 17.7. The summed E-state index contributed by atoms with van der Waals surface area (Å²) in [5, 5.41) is 2.12. The number of aryl methyl sites for hydroxylation is 2. The zero-order valence-electron chi connectivity index (χ0n) is 14.2. The van der Waals surface area contributed by atoms with Crippen molar-refractivity contribution < 1.29 is 19.0 Å². The number of nitrogens with zero attached hydrogens (tertiary/aromatic N) is 1. The first-order valence-corrected chi connectivity index (χ1v) is 7.92. The fourth-order valence-electron chi connectivity index (χ4n) is 3.62. The lowest BCUT2D eigenvalue weighted by Gasteiger charge is -2.13. The van der Waals surface area contributed by atoms with Crippen LogP contribution in [0.25, 0.3) is 21.7 Å². The maximum absolute atomic E-state index is 12.9. The molecular weight excluding hydrogens is 322 g/mol. The van der Waals surface area contributed by atoms with Crippen molar-refractivity contribution >= 4 is 27.6 Å². The number of pyridine rings is 1. The summed E-state index contributed by atoms with van der Waals surface area (Å²) in [7, 11) is 4.45. The number of hydrogen-bond acceptors (Lipinski definition) is 5. The molecule has 0 fully saturated rings. The van der Waals surface area contributed by atoms with Gasteiger partial charge in [0.25, 0.3) is 5.56 Å². The average molecular weight is 339 g/mol. The average Bonchev–Trinajstić information content (AvgIpc) is 3.08. The van der Waals surface area contributed by atoms with Crippen LogP contribution in [-0.4, -0.2) is 31.9 Å². The Kier molecular flexibility index (Phi) is 3.42. The molecule has 0 unspecified atom stereocenters. The van der Waals surface area contributed by atoms with Crippen molar-refractivity contribution in [2.24, 2.45) is 0 Å². The molecule has 1 aliphatic heterocycles. The Morgan fingerprint density at radius 1 is 0.960 bits per heavy atom. The molecule has 6 heteroatoms. The molecule has 2 aromatic carbocycles. The third-order valence-corrected chi connectivity index (χ3v) is 4.77. The Morgan fingerprint density at radius 3 is 2.28 bits per heavy atom. The minimum atomic E-state index is -0.392. The van der Waals surface area contributed by atoms with Crippen LogP contribution in [0.3, 0.4) is 0 Å². The third kappa shape index (κ3) is 2.10. The minimum absolute atomic E-state index is 0.0620. The van der Waals surface area contributed by atoms with Gasteiger partial charge in [-0.2, -0.15) is 0 Å². The number of ether oxygens (including phenoxy) is 3. The highest BCUT2D eigenvalue weighted by atomic mass is 16.5. The Balaban J connectivity index is 2.20. The summed E-state index contributed by atoms with van der Waals surface area (Å²) < 4.78 is 17.3. The van der Waals surface area contributed by atoms with Crippen LogP contribution >= 0.6 is 0 Å². The number of carbonyl (C=O) groups excluding carboxylic acids is 1. The van der Waals surface area contributed by atoms with Crippen LogP contribution in [0.15, 0.2) is 29.1 Å². The lowest BCUT2D eigenvalue weighted by atomic mass is 10.00. The molecular formula is C19H17NO5. The largest absolute Gasteiger partial charge is 0.493 e. The molecule has 25 heavy (non-hydrogen) atoms. The Labute approximate surface area is 143 Å². The second-order valence-corrected chi connectivity index (χ2v) is 5.98. The first kappa shape index (κ1) is 15.5. The van der Waals surface area contributed by atoms with Gasteiger partial charge < -0.3 is 18.8 Å². The maximum Gasteiger partial charge on any atom is 0.337 e. The Bertz CT molecular complexity index is 1100. The quantitative estimate of drug-likeness (QED) is 0.542. The smallest absolute Gasteiger partial charge is 0.337 e. The molecule has 0 spiro atoms. The molecule has 0 saturated carbocycles. The van der Waals surface area contributed by atoms with E-state index in [1.54, 1.807) is 29.9 Å². The molecule has 0 aliphatic carbocycles. The van der Waals surface area contributed by atoms with E-state index < -0.39 is 5.97 Å². The number of fused-ring (bicyclic) bond motifs is 2. The first-order valence-electron chi connectivity index (χ1n) is 7.92. The molecule has 0 amide bonds. The number of methoxy groups -OCH3 is 3. The van der Waals surface area contributed by atoms with Gasteiger partial charge in [0, 0.05) is 17.3 Å². The molecule has 128 valence electrons. The van der Waals surface area contributed by atoms with E-state index in [9.17, 15) is 9.59 Å². The predicted octanol–water partition coefficient (Wildman–Crippen LogP) is 2.51. The van der Waals surface area contributed by atoms with Crippen LogP contribution in [0, 0.1) is 0 Å². The predicted molar refractivity (Wildman–Crippen MR) is 93.9 cm³/mol. The first-order chi connectivity index (χ1) is 12.1. The summed E-state index contributed by atoms with van der Waals surface area (Å²) in [6.45, 7) is 0.597. The Hall–Kier alpha value is -3.02. The SMILES string of the molecule is COC(=O)c1cc2c3c(c1)c1cc(OC)c(OC)cc1c(=O)n3CC2. The van der Waals surface area contributed by atoms with E-state index in [4.69, 9.17) is 14.2 Å². The number of aromatic nitrogens is 1. The summed E-state index contributed by atoms with van der Waals surface area (Å²) in [5.41, 5.74) is 2.27. The van der Waals surface area contributed by atoms with Crippen molar-refractivity contribution in [1.29, 1.82) is 0 Å². The number of benzene rings is 2. The summed E-state index contributed by atoms with van der Waals surface area (Å²) >= 11 is 0. The summed E-state index contributed by atoms with van der Waals surface area (Å²) in [4.78, 5) is 25.0. The van der Waals surface area contributed by atoms with Crippen LogP contribution < -0.4 is 15.0 Å². The molecule has 6 nitrogen and oxygen atoms in total. The standard InChI is InChI=1S/C19H17NO5/c1-23-15-8-12-13-7-11(19(22)25-3)6-10-4-5-20(17(10)13)18(21)14(12)9-16(15)24-2/h6-9H,4-5H2,1-3H3. The van der Waals surface area contributed by atoms with Gasteiger partial charge in [-0.05, 0) is 36.2 Å². The number of carbonyl (C=O) groups is 1. The van der Waals surface area contributed by atoms with Crippen LogP contribution in [0.4, 0.5) is 0 Å². The summed E-state index contributed by atoms with van der Waals surface area (Å²) in [5.74, 6) is 0.649. The monoisotopic (exact) mass is 339 g/mol.